The molecule has 0 saturated heterocycles. The van der Waals surface area contributed by atoms with Gasteiger partial charge in [-0.3, -0.25) is 4.72 Å². The number of nitrogens with zero attached hydrogens (tertiary/aromatic N) is 1. The molecule has 1 heterocycles. The van der Waals surface area contributed by atoms with E-state index in [4.69, 9.17) is 16.3 Å². The average molecular weight is 404 g/mol. The molecule has 1 aromatic carbocycles. The summed E-state index contributed by atoms with van der Waals surface area (Å²) in [6.45, 7) is 4.05. The second-order valence-corrected chi connectivity index (χ2v) is 8.17. The van der Waals surface area contributed by atoms with Crippen LogP contribution in [0.4, 0.5) is 9.93 Å². The number of benzene rings is 1. The molecule has 1 amide bonds. The van der Waals surface area contributed by atoms with Crippen molar-refractivity contribution < 1.29 is 17.9 Å². The molecule has 7 nitrogen and oxygen atoms in total. The Morgan fingerprint density at radius 2 is 2.16 bits per heavy atom. The Morgan fingerprint density at radius 1 is 1.40 bits per heavy atom. The first kappa shape index (κ1) is 19.5. The van der Waals surface area contributed by atoms with Crippen LogP contribution in [0.2, 0.25) is 5.02 Å². The van der Waals surface area contributed by atoms with Crippen molar-refractivity contribution in [2.24, 2.45) is 0 Å². The van der Waals surface area contributed by atoms with E-state index >= 15 is 0 Å². The second-order valence-electron chi connectivity index (χ2n) is 5.00. The number of amides is 1. The van der Waals surface area contributed by atoms with E-state index in [0.717, 1.165) is 4.88 Å². The van der Waals surface area contributed by atoms with Crippen molar-refractivity contribution >= 4 is 44.2 Å². The highest BCUT2D eigenvalue weighted by Crippen LogP contribution is 2.26. The second kappa shape index (κ2) is 8.50. The van der Waals surface area contributed by atoms with Gasteiger partial charge >= 0.3 is 6.09 Å². The molecule has 2 N–H and O–H groups in total. The minimum absolute atomic E-state index is 0.112. The summed E-state index contributed by atoms with van der Waals surface area (Å²) in [4.78, 5) is 16.2. The fourth-order valence-electron chi connectivity index (χ4n) is 1.99. The molecular formula is C15H18ClN3O4S2. The van der Waals surface area contributed by atoms with Gasteiger partial charge in [0.05, 0.1) is 11.5 Å². The largest absolute Gasteiger partial charge is 0.450 e. The summed E-state index contributed by atoms with van der Waals surface area (Å²) in [5.41, 5.74) is 0.479. The molecule has 0 radical (unpaired) electrons. The van der Waals surface area contributed by atoms with Gasteiger partial charge in [-0.2, -0.15) is 0 Å². The smallest absolute Gasteiger partial charge is 0.407 e. The average Bonchev–Trinajstić information content (AvgIpc) is 2.96. The minimum Gasteiger partial charge on any atom is -0.450 e. The summed E-state index contributed by atoms with van der Waals surface area (Å²) in [6, 6.07) is 4.70. The number of aromatic nitrogens is 1. The molecule has 2 rings (SSSR count). The molecule has 136 valence electrons. The fourth-order valence-corrected chi connectivity index (χ4v) is 4.54. The molecule has 25 heavy (non-hydrogen) atoms. The van der Waals surface area contributed by atoms with Crippen molar-refractivity contribution in [1.29, 1.82) is 0 Å². The number of hydrogen-bond acceptors (Lipinski definition) is 6. The molecule has 10 heteroatoms. The lowest BCUT2D eigenvalue weighted by molar-refractivity contribution is 0.152. The number of ether oxygens (including phenoxy) is 1. The predicted molar refractivity (Wildman–Crippen MR) is 97.8 cm³/mol. The Kier molecular flexibility index (Phi) is 6.63. The lowest BCUT2D eigenvalue weighted by Gasteiger charge is -2.09. The number of rotatable bonds is 7. The van der Waals surface area contributed by atoms with Crippen LogP contribution in [0.3, 0.4) is 0 Å². The van der Waals surface area contributed by atoms with E-state index in [-0.39, 0.29) is 10.0 Å². The Labute approximate surface area is 155 Å². The third-order valence-electron chi connectivity index (χ3n) is 3.20. The maximum Gasteiger partial charge on any atom is 0.407 e. The van der Waals surface area contributed by atoms with Gasteiger partial charge in [0.2, 0.25) is 0 Å². The molecule has 0 aliphatic heterocycles. The van der Waals surface area contributed by atoms with Gasteiger partial charge in [-0.15, -0.1) is 11.3 Å². The van der Waals surface area contributed by atoms with Gasteiger partial charge in [0, 0.05) is 29.1 Å². The topological polar surface area (TPSA) is 97.4 Å². The van der Waals surface area contributed by atoms with Gasteiger partial charge in [0.1, 0.15) is 0 Å². The molecule has 0 aliphatic carbocycles. The molecule has 1 aromatic heterocycles. The summed E-state index contributed by atoms with van der Waals surface area (Å²) >= 11 is 7.19. The number of hydrogen-bond donors (Lipinski definition) is 2. The van der Waals surface area contributed by atoms with E-state index in [0.29, 0.717) is 30.2 Å². The molecular weight excluding hydrogens is 386 g/mol. The lowest BCUT2D eigenvalue weighted by Crippen LogP contribution is -2.26. The summed E-state index contributed by atoms with van der Waals surface area (Å²) in [7, 11) is -3.77. The first-order valence-corrected chi connectivity index (χ1v) is 10.1. The Morgan fingerprint density at radius 3 is 2.88 bits per heavy atom. The number of carbonyl (C=O) groups is 1. The number of sulfonamides is 1. The molecule has 0 saturated carbocycles. The number of carbonyl (C=O) groups excluding carboxylic acids is 1. The number of alkyl carbamates (subject to hydrolysis) is 1. The van der Waals surface area contributed by atoms with Crippen LogP contribution in [0.1, 0.15) is 17.4 Å². The van der Waals surface area contributed by atoms with Crippen LogP contribution in [0.15, 0.2) is 29.3 Å². The minimum atomic E-state index is -3.77. The zero-order valence-corrected chi connectivity index (χ0v) is 16.1. The highest BCUT2D eigenvalue weighted by atomic mass is 35.5. The Balaban J connectivity index is 2.00. The van der Waals surface area contributed by atoms with Crippen molar-refractivity contribution in [2.45, 2.75) is 25.2 Å². The molecule has 0 aliphatic rings. The van der Waals surface area contributed by atoms with E-state index in [1.54, 1.807) is 32.2 Å². The standard InChI is InChI=1S/C15H18ClN3O4S2/c1-3-23-15(20)17-8-7-11-9-18-14(24-11)19-25(21,22)13-6-4-5-12(16)10(13)2/h4-6,9H,3,7-8H2,1-2H3,(H,17,20)(H,18,19). The van der Waals surface area contributed by atoms with E-state index in [9.17, 15) is 13.2 Å². The Hall–Kier alpha value is -1.84. The monoisotopic (exact) mass is 403 g/mol. The van der Waals surface area contributed by atoms with Crippen molar-refractivity contribution in [3.8, 4) is 0 Å². The van der Waals surface area contributed by atoms with Crippen molar-refractivity contribution in [1.82, 2.24) is 10.3 Å². The van der Waals surface area contributed by atoms with Crippen molar-refractivity contribution in [3.05, 3.63) is 39.9 Å². The van der Waals surface area contributed by atoms with Crippen molar-refractivity contribution in [3.63, 3.8) is 0 Å². The normalized spacial score (nSPS) is 11.2. The number of anilines is 1. The van der Waals surface area contributed by atoms with Gasteiger partial charge < -0.3 is 10.1 Å². The Bertz CT molecular complexity index is 852. The lowest BCUT2D eigenvalue weighted by atomic mass is 10.2. The van der Waals surface area contributed by atoms with Crippen LogP contribution in [-0.4, -0.2) is 32.6 Å². The van der Waals surface area contributed by atoms with Crippen LogP contribution < -0.4 is 10.0 Å². The highest BCUT2D eigenvalue weighted by Gasteiger charge is 2.19. The first-order chi connectivity index (χ1) is 11.8. The first-order valence-electron chi connectivity index (χ1n) is 7.46. The maximum atomic E-state index is 12.5. The fraction of sp³-hybridized carbons (Fsp3) is 0.333. The quantitative estimate of drug-likeness (QED) is 0.739. The molecule has 0 spiro atoms. The number of halogens is 1. The van der Waals surface area contributed by atoms with Crippen LogP contribution in [-0.2, 0) is 21.2 Å². The zero-order chi connectivity index (χ0) is 18.4. The molecule has 0 unspecified atom stereocenters. The zero-order valence-electron chi connectivity index (χ0n) is 13.7. The third-order valence-corrected chi connectivity index (χ3v) is 6.19. The summed E-state index contributed by atoms with van der Waals surface area (Å²) in [6.07, 6.45) is 1.61. The van der Waals surface area contributed by atoms with Gasteiger partial charge in [-0.05, 0) is 31.5 Å². The maximum absolute atomic E-state index is 12.5. The molecule has 0 atom stereocenters. The highest BCUT2D eigenvalue weighted by molar-refractivity contribution is 7.93. The van der Waals surface area contributed by atoms with E-state index < -0.39 is 16.1 Å². The van der Waals surface area contributed by atoms with E-state index in [2.05, 4.69) is 15.0 Å². The third kappa shape index (κ3) is 5.32. The van der Waals surface area contributed by atoms with Crippen LogP contribution in [0.25, 0.3) is 0 Å². The van der Waals surface area contributed by atoms with Gasteiger partial charge in [-0.25, -0.2) is 18.2 Å². The molecule has 2 aromatic rings. The number of nitrogens with one attached hydrogen (secondary N) is 2. The van der Waals surface area contributed by atoms with Crippen LogP contribution >= 0.6 is 22.9 Å². The molecule has 0 bridgehead atoms. The molecule has 0 fully saturated rings. The predicted octanol–water partition coefficient (Wildman–Crippen LogP) is 3.19. The SMILES string of the molecule is CCOC(=O)NCCc1cnc(NS(=O)(=O)c2cccc(Cl)c2C)s1. The van der Waals surface area contributed by atoms with Crippen LogP contribution in [0.5, 0.6) is 0 Å². The summed E-state index contributed by atoms with van der Waals surface area (Å²) in [5.74, 6) is 0. The summed E-state index contributed by atoms with van der Waals surface area (Å²) in [5, 5.41) is 3.23. The van der Waals surface area contributed by atoms with Crippen LogP contribution in [0, 0.1) is 6.92 Å². The van der Waals surface area contributed by atoms with Crippen molar-refractivity contribution in [2.75, 3.05) is 17.9 Å². The van der Waals surface area contributed by atoms with Gasteiger partial charge in [-0.1, -0.05) is 17.7 Å². The van der Waals surface area contributed by atoms with E-state index in [1.165, 1.54) is 17.4 Å². The van der Waals surface area contributed by atoms with E-state index in [1.807, 2.05) is 0 Å². The summed E-state index contributed by atoms with van der Waals surface area (Å²) < 4.78 is 32.2. The number of thiazole rings is 1. The van der Waals surface area contributed by atoms with Gasteiger partial charge in [0.25, 0.3) is 10.0 Å². The van der Waals surface area contributed by atoms with Gasteiger partial charge in [0.15, 0.2) is 5.13 Å².